The lowest BCUT2D eigenvalue weighted by Crippen LogP contribution is -2.50. The number of nitrogens with one attached hydrogen (secondary N) is 1. The molecule has 108 valence electrons. The minimum Gasteiger partial charge on any atom is -0.387 e. The number of carbonyl (C=O) groups is 1. The Hall–Kier alpha value is -1.94. The van der Waals surface area contributed by atoms with E-state index in [-0.39, 0.29) is 5.91 Å². The second-order valence-electron chi connectivity index (χ2n) is 4.97. The lowest BCUT2D eigenvalue weighted by Gasteiger charge is -2.33. The fourth-order valence-electron chi connectivity index (χ4n) is 2.07. The molecular formula is C16H22N2O2. The van der Waals surface area contributed by atoms with E-state index in [4.69, 9.17) is 0 Å². The largest absolute Gasteiger partial charge is 0.387 e. The van der Waals surface area contributed by atoms with Crippen LogP contribution in [0.4, 0.5) is 0 Å². The van der Waals surface area contributed by atoms with Crippen LogP contribution in [0.2, 0.25) is 0 Å². The first-order valence-corrected chi connectivity index (χ1v) is 6.60. The predicted octanol–water partition coefficient (Wildman–Crippen LogP) is 2.39. The molecule has 1 atom stereocenters. The number of hydrogen-bond acceptors (Lipinski definition) is 3. The van der Waals surface area contributed by atoms with Crippen LogP contribution in [0, 0.1) is 6.92 Å². The number of hydrogen-bond donors (Lipinski definition) is 2. The average Bonchev–Trinajstić information content (AvgIpc) is 2.39. The van der Waals surface area contributed by atoms with Gasteiger partial charge in [0.05, 0.1) is 11.6 Å². The average molecular weight is 274 g/mol. The highest BCUT2D eigenvalue weighted by Crippen LogP contribution is 2.21. The highest BCUT2D eigenvalue weighted by molar-refractivity contribution is 5.95. The van der Waals surface area contributed by atoms with Crippen molar-refractivity contribution in [1.29, 1.82) is 0 Å². The molecule has 1 aromatic rings. The van der Waals surface area contributed by atoms with Crippen molar-refractivity contribution in [2.24, 2.45) is 0 Å². The third-order valence-corrected chi connectivity index (χ3v) is 3.41. The summed E-state index contributed by atoms with van der Waals surface area (Å²) in [5, 5.41) is 13.4. The zero-order valence-electron chi connectivity index (χ0n) is 12.1. The molecule has 2 N–H and O–H groups in total. The molecule has 20 heavy (non-hydrogen) atoms. The number of rotatable bonds is 7. The lowest BCUT2D eigenvalue weighted by atomic mass is 9.88. The van der Waals surface area contributed by atoms with Crippen molar-refractivity contribution in [3.63, 3.8) is 0 Å². The molecule has 0 fully saturated rings. The van der Waals surface area contributed by atoms with Crippen molar-refractivity contribution in [2.75, 3.05) is 0 Å². The first-order chi connectivity index (χ1) is 9.44. The molecule has 1 unspecified atom stereocenters. The van der Waals surface area contributed by atoms with E-state index >= 15 is 0 Å². The third kappa shape index (κ3) is 3.78. The van der Waals surface area contributed by atoms with Crippen molar-refractivity contribution >= 4 is 5.91 Å². The standard InChI is InChI=1S/C16H22N2O2/c1-5-8-16(20,9-6-2)13(4)18-15(19)14-7-10-17-11-12(14)3/h5-7,10-11,13,20H,1-2,8-9H2,3-4H3,(H,18,19). The Balaban J connectivity index is 2.85. The zero-order chi connectivity index (χ0) is 15.2. The van der Waals surface area contributed by atoms with Gasteiger partial charge in [-0.15, -0.1) is 13.2 Å². The molecule has 0 saturated heterocycles. The van der Waals surface area contributed by atoms with Crippen LogP contribution in [0.15, 0.2) is 43.8 Å². The Morgan fingerprint density at radius 3 is 2.60 bits per heavy atom. The molecule has 0 aliphatic heterocycles. The number of amides is 1. The van der Waals surface area contributed by atoms with Crippen LogP contribution in [0.5, 0.6) is 0 Å². The molecule has 1 aromatic heterocycles. The van der Waals surface area contributed by atoms with Gasteiger partial charge in [-0.3, -0.25) is 9.78 Å². The highest BCUT2D eigenvalue weighted by atomic mass is 16.3. The SMILES string of the molecule is C=CCC(O)(CC=C)C(C)NC(=O)c1ccncc1C. The molecule has 0 radical (unpaired) electrons. The van der Waals surface area contributed by atoms with E-state index in [0.29, 0.717) is 18.4 Å². The summed E-state index contributed by atoms with van der Waals surface area (Å²) in [5.41, 5.74) is 0.291. The summed E-state index contributed by atoms with van der Waals surface area (Å²) in [4.78, 5) is 16.2. The van der Waals surface area contributed by atoms with Crippen LogP contribution < -0.4 is 5.32 Å². The second-order valence-corrected chi connectivity index (χ2v) is 4.97. The predicted molar refractivity (Wildman–Crippen MR) is 80.5 cm³/mol. The summed E-state index contributed by atoms with van der Waals surface area (Å²) in [7, 11) is 0. The lowest BCUT2D eigenvalue weighted by molar-refractivity contribution is 0.0127. The molecule has 0 aliphatic rings. The van der Waals surface area contributed by atoms with E-state index < -0.39 is 11.6 Å². The van der Waals surface area contributed by atoms with Gasteiger partial charge in [0.1, 0.15) is 0 Å². The second kappa shape index (κ2) is 7.01. The Kier molecular flexibility index (Phi) is 5.65. The van der Waals surface area contributed by atoms with E-state index in [1.165, 1.54) is 0 Å². The van der Waals surface area contributed by atoms with Gasteiger partial charge in [0.15, 0.2) is 0 Å². The molecule has 0 aliphatic carbocycles. The minimum absolute atomic E-state index is 0.219. The zero-order valence-corrected chi connectivity index (χ0v) is 12.1. The van der Waals surface area contributed by atoms with Crippen molar-refractivity contribution in [1.82, 2.24) is 10.3 Å². The van der Waals surface area contributed by atoms with Crippen LogP contribution in [-0.4, -0.2) is 27.6 Å². The smallest absolute Gasteiger partial charge is 0.251 e. The summed E-state index contributed by atoms with van der Waals surface area (Å²) in [6.07, 6.45) is 7.27. The van der Waals surface area contributed by atoms with Gasteiger partial charge in [-0.2, -0.15) is 0 Å². The molecule has 0 saturated carbocycles. The summed E-state index contributed by atoms with van der Waals surface area (Å²) < 4.78 is 0. The maximum Gasteiger partial charge on any atom is 0.251 e. The molecule has 0 bridgehead atoms. The number of aryl methyl sites for hydroxylation is 1. The normalized spacial score (nSPS) is 12.6. The maximum absolute atomic E-state index is 12.2. The monoisotopic (exact) mass is 274 g/mol. The topological polar surface area (TPSA) is 62.2 Å². The van der Waals surface area contributed by atoms with Gasteiger partial charge in [0, 0.05) is 18.0 Å². The minimum atomic E-state index is -1.07. The molecule has 4 heteroatoms. The van der Waals surface area contributed by atoms with E-state index in [0.717, 1.165) is 5.56 Å². The molecule has 0 aromatic carbocycles. The summed E-state index contributed by atoms with van der Waals surface area (Å²) in [6.45, 7) is 10.9. The number of nitrogens with zero attached hydrogens (tertiary/aromatic N) is 1. The van der Waals surface area contributed by atoms with Crippen molar-refractivity contribution in [2.45, 2.75) is 38.3 Å². The van der Waals surface area contributed by atoms with Gasteiger partial charge < -0.3 is 10.4 Å². The quantitative estimate of drug-likeness (QED) is 0.750. The van der Waals surface area contributed by atoms with Crippen LogP contribution in [0.25, 0.3) is 0 Å². The molecule has 0 spiro atoms. The van der Waals surface area contributed by atoms with Crippen LogP contribution in [-0.2, 0) is 0 Å². The Morgan fingerprint density at radius 1 is 1.50 bits per heavy atom. The molecule has 1 heterocycles. The molecule has 1 rings (SSSR count). The first-order valence-electron chi connectivity index (χ1n) is 6.60. The van der Waals surface area contributed by atoms with Gasteiger partial charge in [0.2, 0.25) is 0 Å². The Morgan fingerprint density at radius 2 is 2.10 bits per heavy atom. The van der Waals surface area contributed by atoms with E-state index in [1.807, 2.05) is 6.92 Å². The molecule has 4 nitrogen and oxygen atoms in total. The van der Waals surface area contributed by atoms with Crippen LogP contribution in [0.1, 0.15) is 35.7 Å². The summed E-state index contributed by atoms with van der Waals surface area (Å²) >= 11 is 0. The van der Waals surface area contributed by atoms with Gasteiger partial charge in [0.25, 0.3) is 5.91 Å². The van der Waals surface area contributed by atoms with Gasteiger partial charge >= 0.3 is 0 Å². The van der Waals surface area contributed by atoms with Gasteiger partial charge in [-0.05, 0) is 38.3 Å². The van der Waals surface area contributed by atoms with E-state index in [2.05, 4.69) is 23.5 Å². The number of aromatic nitrogens is 1. The molecular weight excluding hydrogens is 252 g/mol. The number of pyridine rings is 1. The van der Waals surface area contributed by atoms with Crippen LogP contribution >= 0.6 is 0 Å². The van der Waals surface area contributed by atoms with Gasteiger partial charge in [-0.25, -0.2) is 0 Å². The Labute approximate surface area is 120 Å². The van der Waals surface area contributed by atoms with Crippen molar-refractivity contribution < 1.29 is 9.90 Å². The fourth-order valence-corrected chi connectivity index (χ4v) is 2.07. The highest BCUT2D eigenvalue weighted by Gasteiger charge is 2.32. The van der Waals surface area contributed by atoms with Crippen molar-refractivity contribution in [3.05, 3.63) is 54.9 Å². The Bertz CT molecular complexity index is 487. The van der Waals surface area contributed by atoms with Crippen LogP contribution in [0.3, 0.4) is 0 Å². The fraction of sp³-hybridized carbons (Fsp3) is 0.375. The molecule has 1 amide bonds. The van der Waals surface area contributed by atoms with Gasteiger partial charge in [-0.1, -0.05) is 12.2 Å². The maximum atomic E-state index is 12.2. The number of aliphatic hydroxyl groups is 1. The van der Waals surface area contributed by atoms with E-state index in [9.17, 15) is 9.90 Å². The van der Waals surface area contributed by atoms with Crippen molar-refractivity contribution in [3.8, 4) is 0 Å². The third-order valence-electron chi connectivity index (χ3n) is 3.41. The first kappa shape index (κ1) is 16.1. The summed E-state index contributed by atoms with van der Waals surface area (Å²) in [6, 6.07) is 1.25. The van der Waals surface area contributed by atoms with E-state index in [1.54, 1.807) is 37.5 Å². The number of carbonyl (C=O) groups excluding carboxylic acids is 1. The summed E-state index contributed by atoms with van der Waals surface area (Å²) in [5.74, 6) is -0.219.